The molecule has 3 aromatic carbocycles. The van der Waals surface area contributed by atoms with Crippen LogP contribution in [0.5, 0.6) is 5.75 Å². The van der Waals surface area contributed by atoms with Gasteiger partial charge in [0, 0.05) is 36.2 Å². The van der Waals surface area contributed by atoms with E-state index in [-0.39, 0.29) is 23.8 Å². The summed E-state index contributed by atoms with van der Waals surface area (Å²) in [6, 6.07) is 31.0. The van der Waals surface area contributed by atoms with Gasteiger partial charge in [-0.05, 0) is 77.4 Å². The zero-order valence-electron chi connectivity index (χ0n) is 35.8. The third kappa shape index (κ3) is 10.3. The number of hydrogen-bond donors (Lipinski definition) is 3. The lowest BCUT2D eigenvalue weighted by Crippen LogP contribution is -2.42. The first-order chi connectivity index (χ1) is 30.1. The molecule has 0 spiro atoms. The third-order valence-corrected chi connectivity index (χ3v) is 15.1. The van der Waals surface area contributed by atoms with Crippen LogP contribution >= 0.6 is 16.3 Å². The minimum atomic E-state index is -1.56. The standard InChI is InChI=1S/C32H35N2O3P.C21H20NOP/c1-22-12-7-5-10-15-25-26(20-18-22)36-38(29-17-11-16-28(33-29)34-31(35)32(2,3)4)37-27-21-19-23-13-8-6-9-14-24(23)30(25)27;23-21-19-14-8-7-9-16(19)15-20(22-21)24(17-10-3-1-4-11-17)18-12-5-2-6-13-18/h5,7,10-19,21,26H,6,8-9,20H2,1-4H3,(H,33,34,35);1-16,19,21-23H/b10-5+,12-7-,22-18+,25-15-;. The van der Waals surface area contributed by atoms with Gasteiger partial charge in [-0.15, -0.1) is 0 Å². The van der Waals surface area contributed by atoms with Crippen LogP contribution in [0.1, 0.15) is 58.9 Å². The molecular weight excluding hydrogens is 805 g/mol. The molecule has 0 radical (unpaired) electrons. The Kier molecular flexibility index (Phi) is 13.8. The number of allylic oxidation sites excluding steroid dienone is 10. The van der Waals surface area contributed by atoms with E-state index in [1.165, 1.54) is 26.6 Å². The predicted molar refractivity (Wildman–Crippen MR) is 259 cm³/mol. The lowest BCUT2D eigenvalue weighted by molar-refractivity contribution is -0.123. The molecule has 0 fully saturated rings. The molecule has 1 aromatic heterocycles. The molecule has 0 saturated carbocycles. The maximum absolute atomic E-state index is 12.6. The number of nitrogens with zero attached hydrogens (tertiary/aromatic N) is 1. The van der Waals surface area contributed by atoms with Crippen molar-refractivity contribution in [2.24, 2.45) is 17.3 Å². The maximum atomic E-state index is 12.6. The summed E-state index contributed by atoms with van der Waals surface area (Å²) < 4.78 is 13.5. The van der Waals surface area contributed by atoms with Gasteiger partial charge < -0.3 is 24.8 Å². The molecule has 316 valence electrons. The van der Waals surface area contributed by atoms with Crippen molar-refractivity contribution in [3.05, 3.63) is 185 Å². The molecule has 9 heteroatoms. The van der Waals surface area contributed by atoms with E-state index in [2.05, 4.69) is 151 Å². The minimum absolute atomic E-state index is 0.0875. The number of rotatable bonds is 5. The third-order valence-electron chi connectivity index (χ3n) is 11.3. The molecular formula is C53H55N3O4P2. The van der Waals surface area contributed by atoms with E-state index in [1.54, 1.807) is 6.07 Å². The summed E-state index contributed by atoms with van der Waals surface area (Å²) >= 11 is 0. The molecule has 3 heterocycles. The van der Waals surface area contributed by atoms with Crippen molar-refractivity contribution in [1.29, 1.82) is 0 Å². The van der Waals surface area contributed by atoms with Crippen molar-refractivity contribution in [2.45, 2.75) is 65.7 Å². The van der Waals surface area contributed by atoms with Gasteiger partial charge in [0.2, 0.25) is 5.91 Å². The highest BCUT2D eigenvalue weighted by atomic mass is 31.2. The maximum Gasteiger partial charge on any atom is 0.285 e. The molecule has 3 N–H and O–H groups in total. The molecule has 62 heavy (non-hydrogen) atoms. The Hall–Kier alpha value is -5.42. The van der Waals surface area contributed by atoms with Crippen molar-refractivity contribution < 1.29 is 18.9 Å². The van der Waals surface area contributed by atoms with Gasteiger partial charge in [-0.2, -0.15) is 0 Å². The highest BCUT2D eigenvalue weighted by molar-refractivity contribution is 7.76. The van der Waals surface area contributed by atoms with E-state index in [0.29, 0.717) is 17.7 Å². The van der Waals surface area contributed by atoms with Gasteiger partial charge in [0.15, 0.2) is 0 Å². The number of pyridine rings is 1. The first-order valence-corrected chi connectivity index (χ1v) is 24.0. The molecule has 5 unspecified atom stereocenters. The monoisotopic (exact) mass is 859 g/mol. The van der Waals surface area contributed by atoms with Crippen molar-refractivity contribution >= 4 is 61.8 Å². The van der Waals surface area contributed by atoms with E-state index in [9.17, 15) is 9.90 Å². The second-order valence-electron chi connectivity index (χ2n) is 16.9. The van der Waals surface area contributed by atoms with Gasteiger partial charge in [-0.3, -0.25) is 4.79 Å². The molecule has 3 aliphatic carbocycles. The van der Waals surface area contributed by atoms with Crippen molar-refractivity contribution in [1.82, 2.24) is 10.3 Å². The fraction of sp³-hybridized carbons (Fsp3) is 0.245. The van der Waals surface area contributed by atoms with E-state index in [1.807, 2.05) is 51.1 Å². The average Bonchev–Trinajstić information content (AvgIpc) is 3.61. The Balaban J connectivity index is 0.000000189. The number of nitrogens with one attached hydrogen (secondary N) is 2. The Morgan fingerprint density at radius 2 is 1.60 bits per heavy atom. The van der Waals surface area contributed by atoms with E-state index >= 15 is 0 Å². The number of hydrogen-bond acceptors (Lipinski definition) is 6. The Labute approximate surface area is 368 Å². The van der Waals surface area contributed by atoms with Crippen LogP contribution in [0.4, 0.5) is 5.82 Å². The van der Waals surface area contributed by atoms with Gasteiger partial charge >= 0.3 is 0 Å². The molecule has 1 amide bonds. The number of carbonyl (C=O) groups is 1. The first-order valence-electron chi connectivity index (χ1n) is 21.5. The number of aliphatic hydroxyl groups excluding tert-OH is 1. The second-order valence-corrected chi connectivity index (χ2v) is 20.5. The molecule has 0 bridgehead atoms. The molecule has 5 atom stereocenters. The van der Waals surface area contributed by atoms with Gasteiger partial charge in [0.1, 0.15) is 23.2 Å². The minimum Gasteiger partial charge on any atom is -0.442 e. The number of aromatic nitrogens is 1. The van der Waals surface area contributed by atoms with Crippen LogP contribution in [-0.2, 0) is 9.32 Å². The Morgan fingerprint density at radius 3 is 2.35 bits per heavy atom. The van der Waals surface area contributed by atoms with Gasteiger partial charge in [-0.1, -0.05) is 178 Å². The SMILES string of the molecule is CC1=C\CC2OP(c3cccc(NC(=O)C(C)(C)C)n3)Oc3ccc4c(c3\C2=C/C=C/C=C\1)=CCCCC=4.OC1NC(P(c2ccccc2)c2ccccc2)=CC2C=CC=CC21. The number of benzene rings is 3. The molecule has 4 aromatic rings. The zero-order chi connectivity index (χ0) is 43.1. The Bertz CT molecular complexity index is 2570. The lowest BCUT2D eigenvalue weighted by atomic mass is 9.85. The molecule has 9 rings (SSSR count). The van der Waals surface area contributed by atoms with Gasteiger partial charge in [-0.25, -0.2) is 4.98 Å². The number of carbonyl (C=O) groups excluding carboxylic acids is 1. The van der Waals surface area contributed by atoms with E-state index in [4.69, 9.17) is 14.0 Å². The smallest absolute Gasteiger partial charge is 0.285 e. The van der Waals surface area contributed by atoms with Crippen LogP contribution in [0.15, 0.2) is 169 Å². The van der Waals surface area contributed by atoms with Crippen molar-refractivity contribution in [3.63, 3.8) is 0 Å². The Morgan fingerprint density at radius 1 is 0.855 bits per heavy atom. The fourth-order valence-corrected chi connectivity index (χ4v) is 11.7. The zero-order valence-corrected chi connectivity index (χ0v) is 37.6. The number of aliphatic hydroxyl groups is 1. The second kappa shape index (κ2) is 19.7. The highest BCUT2D eigenvalue weighted by Gasteiger charge is 2.34. The van der Waals surface area contributed by atoms with Gasteiger partial charge in [0.25, 0.3) is 8.38 Å². The molecule has 7 nitrogen and oxygen atoms in total. The van der Waals surface area contributed by atoms with Crippen LogP contribution in [-0.4, -0.2) is 28.3 Å². The summed E-state index contributed by atoms with van der Waals surface area (Å²) in [7, 11) is -2.26. The number of amides is 1. The topological polar surface area (TPSA) is 92.7 Å². The van der Waals surface area contributed by atoms with Crippen molar-refractivity contribution in [3.8, 4) is 5.75 Å². The van der Waals surface area contributed by atoms with Crippen LogP contribution in [0, 0.1) is 17.3 Å². The largest absolute Gasteiger partial charge is 0.442 e. The van der Waals surface area contributed by atoms with Crippen LogP contribution in [0.25, 0.3) is 17.7 Å². The lowest BCUT2D eigenvalue weighted by Gasteiger charge is -2.36. The van der Waals surface area contributed by atoms with E-state index < -0.39 is 27.9 Å². The summed E-state index contributed by atoms with van der Waals surface area (Å²) in [6.07, 6.45) is 31.2. The number of anilines is 1. The molecule has 0 saturated heterocycles. The summed E-state index contributed by atoms with van der Waals surface area (Å²) in [5, 5.41) is 22.0. The number of fused-ring (bicyclic) bond motifs is 6. The first kappa shape index (κ1) is 43.2. The average molecular weight is 860 g/mol. The fourth-order valence-electron chi connectivity index (χ4n) is 7.93. The summed E-state index contributed by atoms with van der Waals surface area (Å²) in [6.45, 7) is 7.76. The molecule has 2 aliphatic heterocycles. The normalized spacial score (nSPS) is 25.3. The summed E-state index contributed by atoms with van der Waals surface area (Å²) in [4.78, 5) is 17.4. The summed E-state index contributed by atoms with van der Waals surface area (Å²) in [5.74, 6) is 1.58. The van der Waals surface area contributed by atoms with Gasteiger partial charge in [0.05, 0.1) is 6.10 Å². The predicted octanol–water partition coefficient (Wildman–Crippen LogP) is 9.31. The highest BCUT2D eigenvalue weighted by Crippen LogP contribution is 2.48. The summed E-state index contributed by atoms with van der Waals surface area (Å²) in [5.41, 5.74) is 4.69. The van der Waals surface area contributed by atoms with E-state index in [0.717, 1.165) is 41.6 Å². The quantitative estimate of drug-likeness (QED) is 0.174. The molecule has 5 aliphatic rings. The van der Waals surface area contributed by atoms with Crippen LogP contribution in [0.2, 0.25) is 0 Å². The van der Waals surface area contributed by atoms with Crippen molar-refractivity contribution in [2.75, 3.05) is 5.32 Å². The van der Waals surface area contributed by atoms with Crippen LogP contribution in [0.3, 0.4) is 0 Å². The van der Waals surface area contributed by atoms with Crippen LogP contribution < -0.4 is 41.6 Å².